The molecule has 0 amide bonds. The van der Waals surface area contributed by atoms with Crippen LogP contribution in [0.15, 0.2) is 12.3 Å². The van der Waals surface area contributed by atoms with E-state index in [1.807, 2.05) is 19.2 Å². The number of aromatic nitrogens is 3. The lowest BCUT2D eigenvalue weighted by Gasteiger charge is -2.06. The van der Waals surface area contributed by atoms with Crippen LogP contribution in [0, 0.1) is 6.92 Å². The van der Waals surface area contributed by atoms with Crippen LogP contribution in [0.3, 0.4) is 0 Å². The lowest BCUT2D eigenvalue weighted by Crippen LogP contribution is -2.09. The van der Waals surface area contributed by atoms with Gasteiger partial charge in [0.05, 0.1) is 0 Å². The highest BCUT2D eigenvalue weighted by atomic mass is 16.5. The third kappa shape index (κ3) is 2.45. The Bertz CT molecular complexity index is 506. The van der Waals surface area contributed by atoms with E-state index in [1.165, 1.54) is 0 Å². The number of pyridine rings is 1. The summed E-state index contributed by atoms with van der Waals surface area (Å²) in [7, 11) is 1.67. The molecule has 0 radical (unpaired) electrons. The molecule has 0 spiro atoms. The van der Waals surface area contributed by atoms with Crippen molar-refractivity contribution >= 4 is 11.2 Å². The smallest absolute Gasteiger partial charge is 0.160 e. The Morgan fingerprint density at radius 2 is 2.29 bits per heavy atom. The highest BCUT2D eigenvalue weighted by Gasteiger charge is 2.11. The number of nitrogens with two attached hydrogens (primary N) is 1. The molecule has 17 heavy (non-hydrogen) atoms. The van der Waals surface area contributed by atoms with Gasteiger partial charge in [-0.1, -0.05) is 0 Å². The first kappa shape index (κ1) is 12.0. The summed E-state index contributed by atoms with van der Waals surface area (Å²) in [6, 6.07) is 2.04. The fraction of sp³-hybridized carbons (Fsp3) is 0.500. The zero-order valence-corrected chi connectivity index (χ0v) is 10.3. The maximum Gasteiger partial charge on any atom is 0.160 e. The molecule has 5 nitrogen and oxygen atoms in total. The van der Waals surface area contributed by atoms with Gasteiger partial charge in [0.2, 0.25) is 0 Å². The Labute approximate surface area is 101 Å². The first-order valence-corrected chi connectivity index (χ1v) is 5.77. The Morgan fingerprint density at radius 3 is 3.00 bits per heavy atom. The van der Waals surface area contributed by atoms with Crippen molar-refractivity contribution in [3.8, 4) is 0 Å². The van der Waals surface area contributed by atoms with Gasteiger partial charge < -0.3 is 15.0 Å². The molecule has 2 aromatic rings. The van der Waals surface area contributed by atoms with Gasteiger partial charge in [0.1, 0.15) is 17.9 Å². The second-order valence-electron chi connectivity index (χ2n) is 4.11. The van der Waals surface area contributed by atoms with Gasteiger partial charge >= 0.3 is 0 Å². The van der Waals surface area contributed by atoms with Crippen molar-refractivity contribution in [3.63, 3.8) is 0 Å². The number of fused-ring (bicyclic) bond motifs is 1. The average Bonchev–Trinajstić information content (AvgIpc) is 2.63. The van der Waals surface area contributed by atoms with E-state index in [2.05, 4.69) is 14.5 Å². The molecule has 2 aromatic heterocycles. The summed E-state index contributed by atoms with van der Waals surface area (Å²) in [5, 5.41) is 0. The first-order chi connectivity index (χ1) is 8.26. The topological polar surface area (TPSA) is 66.0 Å². The number of imidazole rings is 1. The molecule has 2 rings (SSSR count). The summed E-state index contributed by atoms with van der Waals surface area (Å²) in [6.45, 7) is 4.01. The normalized spacial score (nSPS) is 11.2. The van der Waals surface area contributed by atoms with Crippen LogP contribution in [-0.2, 0) is 17.9 Å². The van der Waals surface area contributed by atoms with E-state index in [0.717, 1.165) is 35.5 Å². The largest absolute Gasteiger partial charge is 0.377 e. The minimum absolute atomic E-state index is 0.500. The molecule has 0 aliphatic heterocycles. The summed E-state index contributed by atoms with van der Waals surface area (Å²) < 4.78 is 7.25. The minimum Gasteiger partial charge on any atom is -0.377 e. The van der Waals surface area contributed by atoms with Crippen molar-refractivity contribution in [3.05, 3.63) is 23.7 Å². The highest BCUT2D eigenvalue weighted by molar-refractivity contribution is 5.72. The van der Waals surface area contributed by atoms with Crippen LogP contribution in [0.25, 0.3) is 11.2 Å². The quantitative estimate of drug-likeness (QED) is 0.845. The molecule has 0 unspecified atom stereocenters. The van der Waals surface area contributed by atoms with Crippen molar-refractivity contribution in [2.24, 2.45) is 5.73 Å². The summed E-state index contributed by atoms with van der Waals surface area (Å²) in [4.78, 5) is 8.99. The molecule has 0 saturated carbocycles. The number of hydrogen-bond acceptors (Lipinski definition) is 4. The van der Waals surface area contributed by atoms with E-state index in [9.17, 15) is 0 Å². The maximum atomic E-state index is 5.55. The van der Waals surface area contributed by atoms with E-state index in [4.69, 9.17) is 10.5 Å². The lowest BCUT2D eigenvalue weighted by molar-refractivity contribution is 0.174. The van der Waals surface area contributed by atoms with E-state index in [0.29, 0.717) is 13.2 Å². The van der Waals surface area contributed by atoms with E-state index >= 15 is 0 Å². The number of rotatable bonds is 5. The molecule has 0 fully saturated rings. The van der Waals surface area contributed by atoms with Gasteiger partial charge in [0.15, 0.2) is 5.65 Å². The molecular formula is C12H18N4O. The van der Waals surface area contributed by atoms with Crippen LogP contribution in [0.4, 0.5) is 0 Å². The van der Waals surface area contributed by atoms with Crippen LogP contribution >= 0.6 is 0 Å². The second-order valence-corrected chi connectivity index (χ2v) is 4.11. The summed E-state index contributed by atoms with van der Waals surface area (Å²) in [5.74, 6) is 0.911. The standard InChI is InChI=1S/C12H18N4O/c1-9-6-10-12(14-7-9)16(5-3-4-13)11(15-10)8-17-2/h6-7H,3-5,8,13H2,1-2H3. The van der Waals surface area contributed by atoms with E-state index < -0.39 is 0 Å². The molecule has 0 aliphatic rings. The van der Waals surface area contributed by atoms with Gasteiger partial charge in [-0.15, -0.1) is 0 Å². The predicted molar refractivity (Wildman–Crippen MR) is 66.6 cm³/mol. The zero-order chi connectivity index (χ0) is 12.3. The van der Waals surface area contributed by atoms with Crippen molar-refractivity contribution < 1.29 is 4.74 Å². The first-order valence-electron chi connectivity index (χ1n) is 5.77. The van der Waals surface area contributed by atoms with Crippen LogP contribution in [-0.4, -0.2) is 28.2 Å². The number of methoxy groups -OCH3 is 1. The van der Waals surface area contributed by atoms with Crippen LogP contribution in [0.1, 0.15) is 17.8 Å². The lowest BCUT2D eigenvalue weighted by atomic mass is 10.3. The summed E-state index contributed by atoms with van der Waals surface area (Å²) in [6.07, 6.45) is 2.78. The molecule has 2 heterocycles. The Hall–Kier alpha value is -1.46. The third-order valence-corrected chi connectivity index (χ3v) is 2.66. The van der Waals surface area contributed by atoms with E-state index in [1.54, 1.807) is 7.11 Å². The summed E-state index contributed by atoms with van der Waals surface area (Å²) >= 11 is 0. The minimum atomic E-state index is 0.500. The van der Waals surface area contributed by atoms with Gasteiger partial charge in [0.25, 0.3) is 0 Å². The number of ether oxygens (including phenoxy) is 1. The fourth-order valence-electron chi connectivity index (χ4n) is 1.88. The van der Waals surface area contributed by atoms with Crippen molar-refractivity contribution in [1.82, 2.24) is 14.5 Å². The van der Waals surface area contributed by atoms with Crippen LogP contribution in [0.2, 0.25) is 0 Å². The maximum absolute atomic E-state index is 5.55. The van der Waals surface area contributed by atoms with Gasteiger partial charge in [-0.2, -0.15) is 0 Å². The Kier molecular flexibility index (Phi) is 3.71. The van der Waals surface area contributed by atoms with Crippen molar-refractivity contribution in [2.75, 3.05) is 13.7 Å². The second kappa shape index (κ2) is 5.25. The fourth-order valence-corrected chi connectivity index (χ4v) is 1.88. The molecule has 0 aliphatic carbocycles. The van der Waals surface area contributed by atoms with E-state index in [-0.39, 0.29) is 0 Å². The SMILES string of the molecule is COCc1nc2cc(C)cnc2n1CCCN. The van der Waals surface area contributed by atoms with Crippen molar-refractivity contribution in [1.29, 1.82) is 0 Å². The molecule has 0 aromatic carbocycles. The van der Waals surface area contributed by atoms with Crippen LogP contribution < -0.4 is 5.73 Å². The number of nitrogens with zero attached hydrogens (tertiary/aromatic N) is 3. The van der Waals surface area contributed by atoms with Gasteiger partial charge in [-0.3, -0.25) is 0 Å². The number of hydrogen-bond donors (Lipinski definition) is 1. The monoisotopic (exact) mass is 234 g/mol. The Balaban J connectivity index is 2.46. The van der Waals surface area contributed by atoms with Crippen molar-refractivity contribution in [2.45, 2.75) is 26.5 Å². The molecule has 0 bridgehead atoms. The third-order valence-electron chi connectivity index (χ3n) is 2.66. The molecular weight excluding hydrogens is 216 g/mol. The number of aryl methyl sites for hydroxylation is 2. The molecule has 0 atom stereocenters. The van der Waals surface area contributed by atoms with Crippen LogP contribution in [0.5, 0.6) is 0 Å². The molecule has 5 heteroatoms. The molecule has 2 N–H and O–H groups in total. The zero-order valence-electron chi connectivity index (χ0n) is 10.3. The van der Waals surface area contributed by atoms with Gasteiger partial charge in [-0.25, -0.2) is 9.97 Å². The average molecular weight is 234 g/mol. The highest BCUT2D eigenvalue weighted by Crippen LogP contribution is 2.16. The van der Waals surface area contributed by atoms with Gasteiger partial charge in [-0.05, 0) is 31.5 Å². The summed E-state index contributed by atoms with van der Waals surface area (Å²) in [5.41, 5.74) is 8.51. The molecule has 0 saturated heterocycles. The molecule has 92 valence electrons. The Morgan fingerprint density at radius 1 is 1.47 bits per heavy atom. The predicted octanol–water partition coefficient (Wildman–Crippen LogP) is 1.23. The van der Waals surface area contributed by atoms with Gasteiger partial charge in [0, 0.05) is 19.9 Å².